The number of hydrogen-bond donors (Lipinski definition) is 0. The van der Waals surface area contributed by atoms with Crippen LogP contribution in [0, 0.1) is 5.82 Å². The van der Waals surface area contributed by atoms with Gasteiger partial charge in [0.1, 0.15) is 5.82 Å². The molecule has 8 heteroatoms. The van der Waals surface area contributed by atoms with Crippen molar-refractivity contribution in [1.82, 2.24) is 15.0 Å². The molecule has 0 saturated heterocycles. The van der Waals surface area contributed by atoms with Gasteiger partial charge in [0.15, 0.2) is 11.5 Å². The monoisotopic (exact) mass is 427 g/mol. The first kappa shape index (κ1) is 22.3. The van der Waals surface area contributed by atoms with Gasteiger partial charge in [-0.05, 0) is 42.8 Å². The Kier molecular flexibility index (Phi) is 7.59. The highest BCUT2D eigenvalue weighted by atomic mass is 19.1. The number of rotatable bonds is 10. The van der Waals surface area contributed by atoms with Gasteiger partial charge >= 0.3 is 0 Å². The summed E-state index contributed by atoms with van der Waals surface area (Å²) in [5, 5.41) is 4.04. The summed E-state index contributed by atoms with van der Waals surface area (Å²) < 4.78 is 29.5. The third kappa shape index (κ3) is 5.59. The largest absolute Gasteiger partial charge is 0.493 e. The molecule has 0 aliphatic rings. The van der Waals surface area contributed by atoms with Crippen LogP contribution < -0.4 is 9.47 Å². The average molecular weight is 427 g/mol. The Balaban J connectivity index is 1.71. The van der Waals surface area contributed by atoms with Gasteiger partial charge in [-0.15, -0.1) is 0 Å². The number of halogens is 1. The fraction of sp³-hybridized carbons (Fsp3) is 0.348. The lowest BCUT2D eigenvalue weighted by Gasteiger charge is -2.22. The van der Waals surface area contributed by atoms with E-state index in [0.717, 1.165) is 18.4 Å². The van der Waals surface area contributed by atoms with Crippen molar-refractivity contribution in [3.05, 3.63) is 59.7 Å². The standard InChI is InChI=1S/C23H26FN3O4/c1-4-5-12-27(23(28)17-7-6-8-18(24)14-17)13-11-21-25-22(26-31-21)16-9-10-19(29-2)20(15-16)30-3/h6-10,14-15H,4-5,11-13H2,1-3H3. The van der Waals surface area contributed by atoms with Crippen molar-refractivity contribution in [1.29, 1.82) is 0 Å². The van der Waals surface area contributed by atoms with Crippen LogP contribution in [0.5, 0.6) is 11.5 Å². The van der Waals surface area contributed by atoms with Crippen LogP contribution in [0.2, 0.25) is 0 Å². The highest BCUT2D eigenvalue weighted by molar-refractivity contribution is 5.94. The molecule has 0 atom stereocenters. The summed E-state index contributed by atoms with van der Waals surface area (Å²) in [6, 6.07) is 11.1. The summed E-state index contributed by atoms with van der Waals surface area (Å²) in [5.41, 5.74) is 1.05. The zero-order chi connectivity index (χ0) is 22.2. The lowest BCUT2D eigenvalue weighted by Crippen LogP contribution is -2.34. The second-order valence-corrected chi connectivity index (χ2v) is 6.99. The van der Waals surface area contributed by atoms with Crippen LogP contribution in [0.3, 0.4) is 0 Å². The molecule has 3 aromatic rings. The third-order valence-corrected chi connectivity index (χ3v) is 4.85. The molecule has 0 N–H and O–H groups in total. The average Bonchev–Trinajstić information content (AvgIpc) is 3.27. The van der Waals surface area contributed by atoms with E-state index in [2.05, 4.69) is 17.1 Å². The third-order valence-electron chi connectivity index (χ3n) is 4.85. The van der Waals surface area contributed by atoms with E-state index in [-0.39, 0.29) is 5.91 Å². The number of unbranched alkanes of at least 4 members (excludes halogenated alkanes) is 1. The van der Waals surface area contributed by atoms with Gasteiger partial charge in [-0.1, -0.05) is 24.6 Å². The fourth-order valence-corrected chi connectivity index (χ4v) is 3.15. The molecular formula is C23H26FN3O4. The molecule has 0 radical (unpaired) electrons. The molecule has 0 fully saturated rings. The van der Waals surface area contributed by atoms with Crippen LogP contribution >= 0.6 is 0 Å². The van der Waals surface area contributed by atoms with Crippen molar-refractivity contribution >= 4 is 5.91 Å². The summed E-state index contributed by atoms with van der Waals surface area (Å²) in [6.45, 7) is 3.02. The molecule has 7 nitrogen and oxygen atoms in total. The Morgan fingerprint density at radius 3 is 2.61 bits per heavy atom. The first-order valence-corrected chi connectivity index (χ1v) is 10.2. The fourth-order valence-electron chi connectivity index (χ4n) is 3.15. The normalized spacial score (nSPS) is 10.7. The maximum Gasteiger partial charge on any atom is 0.253 e. The minimum Gasteiger partial charge on any atom is -0.493 e. The smallest absolute Gasteiger partial charge is 0.253 e. The van der Waals surface area contributed by atoms with Gasteiger partial charge in [0.2, 0.25) is 11.7 Å². The lowest BCUT2D eigenvalue weighted by molar-refractivity contribution is 0.0751. The van der Waals surface area contributed by atoms with Gasteiger partial charge in [-0.3, -0.25) is 4.79 Å². The maximum absolute atomic E-state index is 13.5. The number of carbonyl (C=O) groups excluding carboxylic acids is 1. The van der Waals surface area contributed by atoms with Crippen molar-refractivity contribution < 1.29 is 23.2 Å². The van der Waals surface area contributed by atoms with Crippen LogP contribution in [0.15, 0.2) is 47.0 Å². The summed E-state index contributed by atoms with van der Waals surface area (Å²) in [4.78, 5) is 19.0. The SMILES string of the molecule is CCCCN(CCc1nc(-c2ccc(OC)c(OC)c2)no1)C(=O)c1cccc(F)c1. The summed E-state index contributed by atoms with van der Waals surface area (Å²) in [6.07, 6.45) is 2.18. The van der Waals surface area contributed by atoms with E-state index < -0.39 is 5.82 Å². The van der Waals surface area contributed by atoms with Gasteiger partial charge in [0, 0.05) is 30.6 Å². The molecule has 1 amide bonds. The predicted molar refractivity (Wildman–Crippen MR) is 114 cm³/mol. The molecule has 0 aliphatic heterocycles. The number of benzene rings is 2. The van der Waals surface area contributed by atoms with Crippen molar-refractivity contribution in [3.63, 3.8) is 0 Å². The van der Waals surface area contributed by atoms with Crippen molar-refractivity contribution in [3.8, 4) is 22.9 Å². The molecule has 0 spiro atoms. The number of carbonyl (C=O) groups is 1. The molecule has 164 valence electrons. The van der Waals surface area contributed by atoms with Gasteiger partial charge < -0.3 is 18.9 Å². The number of methoxy groups -OCH3 is 2. The molecule has 3 rings (SSSR count). The van der Waals surface area contributed by atoms with Gasteiger partial charge in [0.25, 0.3) is 5.91 Å². The minimum absolute atomic E-state index is 0.215. The molecule has 31 heavy (non-hydrogen) atoms. The molecular weight excluding hydrogens is 401 g/mol. The first-order valence-electron chi connectivity index (χ1n) is 10.2. The Morgan fingerprint density at radius 1 is 1.10 bits per heavy atom. The number of nitrogens with zero attached hydrogens (tertiary/aromatic N) is 3. The summed E-state index contributed by atoms with van der Waals surface area (Å²) >= 11 is 0. The topological polar surface area (TPSA) is 77.7 Å². The van der Waals surface area contributed by atoms with E-state index in [1.54, 1.807) is 37.3 Å². The predicted octanol–water partition coefficient (Wildman–Crippen LogP) is 4.38. The highest BCUT2D eigenvalue weighted by Crippen LogP contribution is 2.31. The van der Waals surface area contributed by atoms with Crippen molar-refractivity contribution in [2.24, 2.45) is 0 Å². The second kappa shape index (κ2) is 10.6. The molecule has 2 aromatic carbocycles. The van der Waals surface area contributed by atoms with Crippen LogP contribution in [0.4, 0.5) is 4.39 Å². The first-order chi connectivity index (χ1) is 15.0. The Hall–Kier alpha value is -3.42. The van der Waals surface area contributed by atoms with E-state index in [4.69, 9.17) is 14.0 Å². The van der Waals surface area contributed by atoms with Crippen LogP contribution in [0.25, 0.3) is 11.4 Å². The number of hydrogen-bond acceptors (Lipinski definition) is 6. The quantitative estimate of drug-likeness (QED) is 0.478. The van der Waals surface area contributed by atoms with E-state index in [0.29, 0.717) is 48.3 Å². The Morgan fingerprint density at radius 2 is 1.90 bits per heavy atom. The van der Waals surface area contributed by atoms with Crippen molar-refractivity contribution in [2.75, 3.05) is 27.3 Å². The van der Waals surface area contributed by atoms with Crippen LogP contribution in [0.1, 0.15) is 36.0 Å². The van der Waals surface area contributed by atoms with Crippen LogP contribution in [-0.2, 0) is 6.42 Å². The number of amides is 1. The molecule has 0 bridgehead atoms. The number of aromatic nitrogens is 2. The summed E-state index contributed by atoms with van der Waals surface area (Å²) in [7, 11) is 3.13. The molecule has 0 aliphatic carbocycles. The summed E-state index contributed by atoms with van der Waals surface area (Å²) in [5.74, 6) is 1.37. The minimum atomic E-state index is -0.433. The van der Waals surface area contributed by atoms with Gasteiger partial charge in [-0.2, -0.15) is 4.98 Å². The van der Waals surface area contributed by atoms with E-state index in [1.807, 2.05) is 6.07 Å². The Bertz CT molecular complexity index is 1020. The van der Waals surface area contributed by atoms with Gasteiger partial charge in [0.05, 0.1) is 14.2 Å². The van der Waals surface area contributed by atoms with Crippen LogP contribution in [-0.4, -0.2) is 48.3 Å². The maximum atomic E-state index is 13.5. The lowest BCUT2D eigenvalue weighted by atomic mass is 10.1. The van der Waals surface area contributed by atoms with E-state index in [9.17, 15) is 9.18 Å². The molecule has 0 saturated carbocycles. The zero-order valence-corrected chi connectivity index (χ0v) is 17.9. The Labute approximate surface area is 180 Å². The molecule has 1 aromatic heterocycles. The zero-order valence-electron chi connectivity index (χ0n) is 17.9. The van der Waals surface area contributed by atoms with E-state index in [1.165, 1.54) is 18.2 Å². The van der Waals surface area contributed by atoms with E-state index >= 15 is 0 Å². The molecule has 1 heterocycles. The second-order valence-electron chi connectivity index (χ2n) is 6.99. The van der Waals surface area contributed by atoms with Gasteiger partial charge in [-0.25, -0.2) is 4.39 Å². The molecule has 0 unspecified atom stereocenters. The van der Waals surface area contributed by atoms with Crippen molar-refractivity contribution in [2.45, 2.75) is 26.2 Å². The number of ether oxygens (including phenoxy) is 2. The highest BCUT2D eigenvalue weighted by Gasteiger charge is 2.18.